The summed E-state index contributed by atoms with van der Waals surface area (Å²) in [4.78, 5) is 10.9. The summed E-state index contributed by atoms with van der Waals surface area (Å²) < 4.78 is 0. The summed E-state index contributed by atoms with van der Waals surface area (Å²) in [5.74, 6) is -0.0428. The average molecular weight is 274 g/mol. The Balaban J connectivity index is 1.83. The van der Waals surface area contributed by atoms with E-state index in [4.69, 9.17) is 0 Å². The molecule has 2 N–H and O–H groups in total. The van der Waals surface area contributed by atoms with Gasteiger partial charge in [-0.3, -0.25) is 4.79 Å². The Morgan fingerprint density at radius 1 is 1.16 bits per heavy atom. The summed E-state index contributed by atoms with van der Waals surface area (Å²) in [6, 6.07) is 7.90. The number of carbonyl (C=O) groups is 1. The van der Waals surface area contributed by atoms with Gasteiger partial charge in [-0.2, -0.15) is 11.3 Å². The van der Waals surface area contributed by atoms with Crippen molar-refractivity contribution >= 4 is 22.9 Å². The summed E-state index contributed by atoms with van der Waals surface area (Å²) in [6.07, 6.45) is 0. The number of hydrogen-bond donors (Lipinski definition) is 2. The second-order valence-corrected chi connectivity index (χ2v) is 5.31. The van der Waals surface area contributed by atoms with Crippen LogP contribution in [0.25, 0.3) is 0 Å². The molecule has 0 bridgehead atoms. The second-order valence-electron chi connectivity index (χ2n) is 4.56. The van der Waals surface area contributed by atoms with E-state index in [1.54, 1.807) is 11.3 Å². The highest BCUT2D eigenvalue weighted by molar-refractivity contribution is 7.08. The Labute approximate surface area is 117 Å². The molecule has 4 heteroatoms. The van der Waals surface area contributed by atoms with Crippen LogP contribution in [0.1, 0.15) is 23.6 Å². The van der Waals surface area contributed by atoms with Crippen molar-refractivity contribution in [2.45, 2.75) is 26.9 Å². The number of benzene rings is 1. The van der Waals surface area contributed by atoms with Gasteiger partial charge in [0.25, 0.3) is 0 Å². The van der Waals surface area contributed by atoms with Crippen LogP contribution in [0, 0.1) is 6.92 Å². The molecule has 0 atom stereocenters. The molecule has 0 aliphatic rings. The fourth-order valence-electron chi connectivity index (χ4n) is 1.82. The van der Waals surface area contributed by atoms with E-state index >= 15 is 0 Å². The summed E-state index contributed by atoms with van der Waals surface area (Å²) in [5.41, 5.74) is 4.75. The molecule has 0 aliphatic carbocycles. The molecule has 3 nitrogen and oxygen atoms in total. The van der Waals surface area contributed by atoms with Gasteiger partial charge in [-0.15, -0.1) is 0 Å². The molecule has 0 spiro atoms. The van der Waals surface area contributed by atoms with Crippen LogP contribution in [0.15, 0.2) is 35.0 Å². The number of rotatable bonds is 5. The van der Waals surface area contributed by atoms with Gasteiger partial charge in [0.15, 0.2) is 0 Å². The van der Waals surface area contributed by atoms with Crippen molar-refractivity contribution in [1.82, 2.24) is 5.32 Å². The monoisotopic (exact) mass is 274 g/mol. The molecule has 0 radical (unpaired) electrons. The zero-order valence-electron chi connectivity index (χ0n) is 11.2. The van der Waals surface area contributed by atoms with E-state index in [0.717, 1.165) is 18.8 Å². The zero-order chi connectivity index (χ0) is 13.7. The van der Waals surface area contributed by atoms with E-state index in [2.05, 4.69) is 28.3 Å². The maximum Gasteiger partial charge on any atom is 0.221 e. The fraction of sp³-hybridized carbons (Fsp3) is 0.267. The predicted octanol–water partition coefficient (Wildman–Crippen LogP) is 3.30. The molecule has 0 saturated heterocycles. The fourth-order valence-corrected chi connectivity index (χ4v) is 2.68. The van der Waals surface area contributed by atoms with Gasteiger partial charge in [0, 0.05) is 25.7 Å². The van der Waals surface area contributed by atoms with E-state index < -0.39 is 0 Å². The van der Waals surface area contributed by atoms with Crippen LogP contribution in [-0.2, 0) is 17.9 Å². The van der Waals surface area contributed by atoms with Gasteiger partial charge in [-0.05, 0) is 46.5 Å². The highest BCUT2D eigenvalue weighted by Crippen LogP contribution is 2.14. The first-order valence-electron chi connectivity index (χ1n) is 6.24. The molecule has 1 aromatic carbocycles. The third-order valence-corrected chi connectivity index (χ3v) is 3.79. The van der Waals surface area contributed by atoms with E-state index in [9.17, 15) is 4.79 Å². The molecule has 1 amide bonds. The van der Waals surface area contributed by atoms with Gasteiger partial charge < -0.3 is 10.6 Å². The van der Waals surface area contributed by atoms with Gasteiger partial charge in [0.1, 0.15) is 0 Å². The third-order valence-electron chi connectivity index (χ3n) is 2.88. The van der Waals surface area contributed by atoms with Crippen LogP contribution >= 0.6 is 11.3 Å². The van der Waals surface area contributed by atoms with Crippen molar-refractivity contribution in [3.05, 3.63) is 51.7 Å². The lowest BCUT2D eigenvalue weighted by atomic mass is 10.2. The molecule has 1 heterocycles. The Bertz CT molecular complexity index is 546. The Morgan fingerprint density at radius 2 is 1.89 bits per heavy atom. The van der Waals surface area contributed by atoms with Crippen LogP contribution in [0.2, 0.25) is 0 Å². The van der Waals surface area contributed by atoms with Crippen molar-refractivity contribution in [2.75, 3.05) is 5.32 Å². The molecule has 19 heavy (non-hydrogen) atoms. The number of amides is 1. The molecule has 0 saturated carbocycles. The van der Waals surface area contributed by atoms with Gasteiger partial charge in [0.2, 0.25) is 5.91 Å². The number of carbonyl (C=O) groups excluding carboxylic acids is 1. The Hall–Kier alpha value is -1.65. The summed E-state index contributed by atoms with van der Waals surface area (Å²) in [6.45, 7) is 5.37. The minimum absolute atomic E-state index is 0.0428. The number of aryl methyl sites for hydroxylation is 1. The molecule has 0 aliphatic heterocycles. The summed E-state index contributed by atoms with van der Waals surface area (Å²) >= 11 is 1.74. The quantitative estimate of drug-likeness (QED) is 0.878. The van der Waals surface area contributed by atoms with E-state index in [0.29, 0.717) is 0 Å². The first kappa shape index (κ1) is 13.8. The van der Waals surface area contributed by atoms with Gasteiger partial charge in [-0.25, -0.2) is 0 Å². The number of nitrogens with one attached hydrogen (secondary N) is 2. The topological polar surface area (TPSA) is 41.1 Å². The molecule has 0 unspecified atom stereocenters. The number of anilines is 1. The van der Waals surface area contributed by atoms with Crippen LogP contribution in [0.5, 0.6) is 0 Å². The third kappa shape index (κ3) is 4.19. The molecule has 1 aromatic heterocycles. The van der Waals surface area contributed by atoms with Crippen LogP contribution in [0.3, 0.4) is 0 Å². The lowest BCUT2D eigenvalue weighted by Crippen LogP contribution is -2.13. The van der Waals surface area contributed by atoms with Crippen molar-refractivity contribution in [3.8, 4) is 0 Å². The second kappa shape index (κ2) is 6.50. The Morgan fingerprint density at radius 3 is 2.47 bits per heavy atom. The van der Waals surface area contributed by atoms with Gasteiger partial charge in [0.05, 0.1) is 0 Å². The molecule has 0 fully saturated rings. The molecule has 2 aromatic rings. The zero-order valence-corrected chi connectivity index (χ0v) is 12.0. The van der Waals surface area contributed by atoms with Crippen molar-refractivity contribution < 1.29 is 4.79 Å². The van der Waals surface area contributed by atoms with Crippen LogP contribution < -0.4 is 10.6 Å². The average Bonchev–Trinajstić information content (AvgIpc) is 2.77. The smallest absolute Gasteiger partial charge is 0.221 e. The van der Waals surface area contributed by atoms with Crippen LogP contribution in [-0.4, -0.2) is 5.91 Å². The lowest BCUT2D eigenvalue weighted by Gasteiger charge is -2.06. The normalized spacial score (nSPS) is 10.4. The predicted molar refractivity (Wildman–Crippen MR) is 80.3 cm³/mol. The van der Waals surface area contributed by atoms with Crippen molar-refractivity contribution in [1.29, 1.82) is 0 Å². The highest BCUT2D eigenvalue weighted by Gasteiger charge is 1.99. The molecular formula is C15H18N2OS. The van der Waals surface area contributed by atoms with Crippen LogP contribution in [0.4, 0.5) is 5.69 Å². The first-order chi connectivity index (χ1) is 9.15. The summed E-state index contributed by atoms with van der Waals surface area (Å²) in [7, 11) is 0. The maximum absolute atomic E-state index is 10.9. The summed E-state index contributed by atoms with van der Waals surface area (Å²) in [5, 5.41) is 10.5. The number of thiophene rings is 1. The maximum atomic E-state index is 10.9. The van der Waals surface area contributed by atoms with Gasteiger partial charge >= 0.3 is 0 Å². The highest BCUT2D eigenvalue weighted by atomic mass is 32.1. The molecule has 2 rings (SSSR count). The number of hydrogen-bond acceptors (Lipinski definition) is 3. The minimum Gasteiger partial charge on any atom is -0.326 e. The minimum atomic E-state index is -0.0428. The largest absolute Gasteiger partial charge is 0.326 e. The standard InChI is InChI=1S/C15H18N2OS/c1-11-9-19-10-14(11)8-16-7-13-3-5-15(6-4-13)17-12(2)18/h3-6,9-10,16H,7-8H2,1-2H3,(H,17,18). The SMILES string of the molecule is CC(=O)Nc1ccc(CNCc2cscc2C)cc1. The van der Waals surface area contributed by atoms with Crippen molar-refractivity contribution in [2.24, 2.45) is 0 Å². The Kier molecular flexibility index (Phi) is 4.71. The van der Waals surface area contributed by atoms with E-state index in [1.807, 2.05) is 24.3 Å². The van der Waals surface area contributed by atoms with Crippen molar-refractivity contribution in [3.63, 3.8) is 0 Å². The van der Waals surface area contributed by atoms with E-state index in [1.165, 1.54) is 23.6 Å². The molecular weight excluding hydrogens is 256 g/mol. The lowest BCUT2D eigenvalue weighted by molar-refractivity contribution is -0.114. The van der Waals surface area contributed by atoms with E-state index in [-0.39, 0.29) is 5.91 Å². The molecule has 100 valence electrons. The van der Waals surface area contributed by atoms with Gasteiger partial charge in [-0.1, -0.05) is 12.1 Å². The first-order valence-corrected chi connectivity index (χ1v) is 7.18.